The molecule has 0 aromatic heterocycles. The molecule has 4 nitrogen and oxygen atoms in total. The SMILES string of the molecule is C=CCOC(=O)/C(C#N)=C/c1ccc(OCc2ccccc2F)cc1. The Hall–Kier alpha value is -3.39. The van der Waals surface area contributed by atoms with Gasteiger partial charge in [0, 0.05) is 5.56 Å². The van der Waals surface area contributed by atoms with Gasteiger partial charge < -0.3 is 9.47 Å². The lowest BCUT2D eigenvalue weighted by Crippen LogP contribution is -2.06. The third-order valence-electron chi connectivity index (χ3n) is 3.22. The summed E-state index contributed by atoms with van der Waals surface area (Å²) >= 11 is 0. The first-order chi connectivity index (χ1) is 12.1. The maximum atomic E-state index is 13.5. The van der Waals surface area contributed by atoms with Crippen LogP contribution in [-0.2, 0) is 16.1 Å². The summed E-state index contributed by atoms with van der Waals surface area (Å²) < 4.78 is 23.9. The fraction of sp³-hybridized carbons (Fsp3) is 0.100. The Morgan fingerprint density at radius 3 is 2.56 bits per heavy atom. The van der Waals surface area contributed by atoms with Gasteiger partial charge in [0.25, 0.3) is 0 Å². The predicted molar refractivity (Wildman–Crippen MR) is 91.9 cm³/mol. The molecule has 0 N–H and O–H groups in total. The first-order valence-corrected chi connectivity index (χ1v) is 7.50. The molecule has 0 aliphatic rings. The summed E-state index contributed by atoms with van der Waals surface area (Å²) in [6.07, 6.45) is 2.85. The van der Waals surface area contributed by atoms with E-state index in [0.717, 1.165) is 0 Å². The van der Waals surface area contributed by atoms with Crippen LogP contribution in [0.2, 0.25) is 0 Å². The number of rotatable bonds is 7. The lowest BCUT2D eigenvalue weighted by molar-refractivity contribution is -0.137. The first-order valence-electron chi connectivity index (χ1n) is 7.50. The predicted octanol–water partition coefficient (Wildman–Crippen LogP) is 4.04. The Morgan fingerprint density at radius 2 is 1.92 bits per heavy atom. The van der Waals surface area contributed by atoms with Gasteiger partial charge in [-0.1, -0.05) is 43.0 Å². The summed E-state index contributed by atoms with van der Waals surface area (Å²) in [5.41, 5.74) is 0.996. The summed E-state index contributed by atoms with van der Waals surface area (Å²) in [4.78, 5) is 11.7. The summed E-state index contributed by atoms with van der Waals surface area (Å²) in [6.45, 7) is 3.59. The van der Waals surface area contributed by atoms with Crippen LogP contribution in [0, 0.1) is 17.1 Å². The highest BCUT2D eigenvalue weighted by Crippen LogP contribution is 2.17. The highest BCUT2D eigenvalue weighted by molar-refractivity contribution is 5.97. The largest absolute Gasteiger partial charge is 0.489 e. The van der Waals surface area contributed by atoms with E-state index in [0.29, 0.717) is 16.9 Å². The maximum Gasteiger partial charge on any atom is 0.349 e. The second-order valence-corrected chi connectivity index (χ2v) is 5.01. The van der Waals surface area contributed by atoms with Gasteiger partial charge in [0.1, 0.15) is 36.4 Å². The molecule has 0 amide bonds. The molecular weight excluding hydrogens is 321 g/mol. The molecule has 0 unspecified atom stereocenters. The van der Waals surface area contributed by atoms with E-state index in [9.17, 15) is 9.18 Å². The van der Waals surface area contributed by atoms with E-state index < -0.39 is 5.97 Å². The minimum absolute atomic E-state index is 0.0423. The van der Waals surface area contributed by atoms with Crippen LogP contribution in [0.5, 0.6) is 5.75 Å². The molecule has 0 fully saturated rings. The summed E-state index contributed by atoms with van der Waals surface area (Å²) in [5.74, 6) is -0.478. The molecule has 25 heavy (non-hydrogen) atoms. The molecule has 2 rings (SSSR count). The Bertz CT molecular complexity index is 820. The third kappa shape index (κ3) is 5.33. The maximum absolute atomic E-state index is 13.5. The second-order valence-electron chi connectivity index (χ2n) is 5.01. The van der Waals surface area contributed by atoms with Gasteiger partial charge in [-0.05, 0) is 29.8 Å². The number of esters is 1. The lowest BCUT2D eigenvalue weighted by Gasteiger charge is -2.07. The van der Waals surface area contributed by atoms with Crippen molar-refractivity contribution in [3.63, 3.8) is 0 Å². The average molecular weight is 337 g/mol. The Balaban J connectivity index is 2.02. The van der Waals surface area contributed by atoms with Crippen LogP contribution in [0.4, 0.5) is 4.39 Å². The summed E-state index contributed by atoms with van der Waals surface area (Å²) in [5, 5.41) is 9.04. The van der Waals surface area contributed by atoms with Crippen molar-refractivity contribution in [1.82, 2.24) is 0 Å². The van der Waals surface area contributed by atoms with Gasteiger partial charge in [-0.3, -0.25) is 0 Å². The fourth-order valence-electron chi connectivity index (χ4n) is 1.95. The number of hydrogen-bond acceptors (Lipinski definition) is 4. The highest BCUT2D eigenvalue weighted by Gasteiger charge is 2.10. The van der Waals surface area contributed by atoms with Gasteiger partial charge >= 0.3 is 5.97 Å². The van der Waals surface area contributed by atoms with Crippen molar-refractivity contribution in [2.24, 2.45) is 0 Å². The van der Waals surface area contributed by atoms with Crippen LogP contribution in [0.15, 0.2) is 66.8 Å². The molecule has 2 aromatic rings. The zero-order valence-electron chi connectivity index (χ0n) is 13.4. The number of carbonyl (C=O) groups is 1. The van der Waals surface area contributed by atoms with Crippen molar-refractivity contribution in [2.75, 3.05) is 6.61 Å². The normalized spacial score (nSPS) is 10.6. The standard InChI is InChI=1S/C20H16FNO3/c1-2-11-24-20(23)17(13-22)12-15-7-9-18(10-8-15)25-14-16-5-3-4-6-19(16)21/h2-10,12H,1,11,14H2/b17-12+. The van der Waals surface area contributed by atoms with E-state index in [2.05, 4.69) is 6.58 Å². The number of halogens is 1. The van der Waals surface area contributed by atoms with E-state index in [4.69, 9.17) is 14.7 Å². The van der Waals surface area contributed by atoms with Crippen LogP contribution in [-0.4, -0.2) is 12.6 Å². The zero-order valence-corrected chi connectivity index (χ0v) is 13.4. The van der Waals surface area contributed by atoms with Crippen molar-refractivity contribution in [2.45, 2.75) is 6.61 Å². The van der Waals surface area contributed by atoms with E-state index in [1.54, 1.807) is 48.5 Å². The number of hydrogen-bond donors (Lipinski definition) is 0. The number of nitriles is 1. The first kappa shape index (κ1) is 18.0. The van der Waals surface area contributed by atoms with Crippen LogP contribution < -0.4 is 4.74 Å². The molecule has 126 valence electrons. The molecule has 0 atom stereocenters. The van der Waals surface area contributed by atoms with E-state index in [1.807, 2.05) is 0 Å². The molecule has 0 aliphatic heterocycles. The van der Waals surface area contributed by atoms with Crippen molar-refractivity contribution in [1.29, 1.82) is 5.26 Å². The minimum Gasteiger partial charge on any atom is -0.489 e. The average Bonchev–Trinajstić information content (AvgIpc) is 2.64. The van der Waals surface area contributed by atoms with Crippen LogP contribution >= 0.6 is 0 Å². The van der Waals surface area contributed by atoms with Crippen LogP contribution in [0.3, 0.4) is 0 Å². The third-order valence-corrected chi connectivity index (χ3v) is 3.22. The summed E-state index contributed by atoms with van der Waals surface area (Å²) in [7, 11) is 0. The molecule has 0 aliphatic carbocycles. The van der Waals surface area contributed by atoms with Crippen molar-refractivity contribution in [3.8, 4) is 11.8 Å². The van der Waals surface area contributed by atoms with Gasteiger partial charge in [-0.2, -0.15) is 5.26 Å². The number of nitrogens with zero attached hydrogens (tertiary/aromatic N) is 1. The molecule has 2 aromatic carbocycles. The van der Waals surface area contributed by atoms with E-state index in [-0.39, 0.29) is 24.6 Å². The minimum atomic E-state index is -0.706. The number of ether oxygens (including phenoxy) is 2. The second kappa shape index (κ2) is 9.04. The van der Waals surface area contributed by atoms with Gasteiger partial charge in [-0.15, -0.1) is 0 Å². The van der Waals surface area contributed by atoms with Gasteiger partial charge in [0.2, 0.25) is 0 Å². The Morgan fingerprint density at radius 1 is 1.20 bits per heavy atom. The molecule has 0 heterocycles. The molecule has 0 saturated carbocycles. The van der Waals surface area contributed by atoms with Crippen LogP contribution in [0.1, 0.15) is 11.1 Å². The molecule has 5 heteroatoms. The highest BCUT2D eigenvalue weighted by atomic mass is 19.1. The van der Waals surface area contributed by atoms with Crippen molar-refractivity contribution < 1.29 is 18.7 Å². The fourth-order valence-corrected chi connectivity index (χ4v) is 1.95. The smallest absolute Gasteiger partial charge is 0.349 e. The monoisotopic (exact) mass is 337 g/mol. The molecule has 0 saturated heterocycles. The van der Waals surface area contributed by atoms with Crippen molar-refractivity contribution in [3.05, 3.63) is 83.7 Å². The van der Waals surface area contributed by atoms with Crippen LogP contribution in [0.25, 0.3) is 6.08 Å². The Kier molecular flexibility index (Phi) is 6.49. The molecular formula is C20H16FNO3. The van der Waals surface area contributed by atoms with Gasteiger partial charge in [0.15, 0.2) is 0 Å². The molecule has 0 spiro atoms. The molecule has 0 radical (unpaired) electrons. The quantitative estimate of drug-likeness (QED) is 0.331. The van der Waals surface area contributed by atoms with Gasteiger partial charge in [0.05, 0.1) is 0 Å². The lowest BCUT2D eigenvalue weighted by atomic mass is 10.1. The number of benzene rings is 2. The number of carbonyl (C=O) groups excluding carboxylic acids is 1. The molecule has 0 bridgehead atoms. The van der Waals surface area contributed by atoms with Gasteiger partial charge in [-0.25, -0.2) is 9.18 Å². The summed E-state index contributed by atoms with van der Waals surface area (Å²) in [6, 6.07) is 14.9. The van der Waals surface area contributed by atoms with E-state index >= 15 is 0 Å². The zero-order chi connectivity index (χ0) is 18.1. The van der Waals surface area contributed by atoms with Crippen molar-refractivity contribution >= 4 is 12.0 Å². The topological polar surface area (TPSA) is 59.3 Å². The van der Waals surface area contributed by atoms with E-state index in [1.165, 1.54) is 18.2 Å². The Labute approximate surface area is 145 Å².